The van der Waals surface area contributed by atoms with E-state index in [1.165, 1.54) is 0 Å². The molecular formula is C16H21NO4. The fourth-order valence-corrected chi connectivity index (χ4v) is 2.40. The number of aliphatic carboxylic acids is 1. The van der Waals surface area contributed by atoms with Crippen molar-refractivity contribution in [1.82, 2.24) is 5.32 Å². The lowest BCUT2D eigenvalue weighted by Crippen LogP contribution is -2.40. The lowest BCUT2D eigenvalue weighted by Gasteiger charge is -2.18. The van der Waals surface area contributed by atoms with Crippen LogP contribution in [0.4, 0.5) is 0 Å². The molecule has 1 unspecified atom stereocenters. The Labute approximate surface area is 124 Å². The normalized spacial score (nSPS) is 15.6. The maximum atomic E-state index is 12.6. The lowest BCUT2D eigenvalue weighted by molar-refractivity contribution is -0.137. The van der Waals surface area contributed by atoms with Crippen molar-refractivity contribution in [3.05, 3.63) is 28.8 Å². The predicted octanol–water partition coefficient (Wildman–Crippen LogP) is 2.09. The fourth-order valence-electron chi connectivity index (χ4n) is 2.40. The second-order valence-corrected chi connectivity index (χ2v) is 5.59. The van der Waals surface area contributed by atoms with Gasteiger partial charge in [-0.3, -0.25) is 9.59 Å². The number of ether oxygens (including phenoxy) is 1. The highest BCUT2D eigenvalue weighted by Gasteiger charge is 2.31. The maximum Gasteiger partial charge on any atom is 0.305 e. The number of carboxylic acids is 1. The molecular weight excluding hydrogens is 270 g/mol. The fraction of sp³-hybridized carbons (Fsp3) is 0.500. The van der Waals surface area contributed by atoms with Crippen LogP contribution in [0.25, 0.3) is 0 Å². The van der Waals surface area contributed by atoms with Gasteiger partial charge in [0.15, 0.2) is 5.78 Å². The summed E-state index contributed by atoms with van der Waals surface area (Å²) >= 11 is 0. The number of nitrogens with one attached hydrogen (secondary N) is 1. The first kappa shape index (κ1) is 15.5. The summed E-state index contributed by atoms with van der Waals surface area (Å²) in [5.41, 5.74) is 2.23. The zero-order valence-electron chi connectivity index (χ0n) is 12.6. The summed E-state index contributed by atoms with van der Waals surface area (Å²) in [6, 6.07) is 3.21. The summed E-state index contributed by atoms with van der Waals surface area (Å²) in [5, 5.41) is 12.1. The van der Waals surface area contributed by atoms with Gasteiger partial charge in [0.05, 0.1) is 19.6 Å². The number of Topliss-reactive ketones (excluding diaryl/α,β-unsaturated/α-hetero) is 1. The summed E-state index contributed by atoms with van der Waals surface area (Å²) in [4.78, 5) is 23.6. The van der Waals surface area contributed by atoms with Crippen molar-refractivity contribution < 1.29 is 19.4 Å². The average molecular weight is 291 g/mol. The Hall–Kier alpha value is -1.88. The van der Waals surface area contributed by atoms with E-state index in [-0.39, 0.29) is 18.2 Å². The minimum atomic E-state index is -0.968. The number of benzene rings is 1. The second-order valence-electron chi connectivity index (χ2n) is 5.59. The number of carbonyl (C=O) groups is 2. The lowest BCUT2D eigenvalue weighted by atomic mass is 9.95. The Morgan fingerprint density at radius 3 is 2.52 bits per heavy atom. The number of carbonyl (C=O) groups excluding carboxylic acids is 1. The second kappa shape index (κ2) is 6.26. The molecule has 21 heavy (non-hydrogen) atoms. The van der Waals surface area contributed by atoms with E-state index in [0.29, 0.717) is 5.56 Å². The molecule has 1 atom stereocenters. The molecule has 5 nitrogen and oxygen atoms in total. The molecule has 1 saturated carbocycles. The molecule has 5 heteroatoms. The van der Waals surface area contributed by atoms with Gasteiger partial charge in [0.25, 0.3) is 0 Å². The van der Waals surface area contributed by atoms with Gasteiger partial charge < -0.3 is 15.2 Å². The van der Waals surface area contributed by atoms with Gasteiger partial charge in [-0.05, 0) is 49.9 Å². The SMILES string of the molecule is COc1cc(C)c(C(=O)C(CC(=O)O)NC2CC2)cc1C. The quantitative estimate of drug-likeness (QED) is 0.752. The Morgan fingerprint density at radius 2 is 2.00 bits per heavy atom. The van der Waals surface area contributed by atoms with Gasteiger partial charge in [-0.1, -0.05) is 0 Å². The van der Waals surface area contributed by atoms with Gasteiger partial charge in [0.1, 0.15) is 5.75 Å². The summed E-state index contributed by atoms with van der Waals surface area (Å²) in [5.74, 6) is -0.397. The molecule has 1 aliphatic carbocycles. The van der Waals surface area contributed by atoms with E-state index < -0.39 is 12.0 Å². The first-order chi connectivity index (χ1) is 9.92. The molecule has 0 radical (unpaired) electrons. The Kier molecular flexibility index (Phi) is 4.63. The number of ketones is 1. The average Bonchev–Trinajstić information content (AvgIpc) is 3.22. The van der Waals surface area contributed by atoms with Crippen LogP contribution in [-0.4, -0.2) is 36.1 Å². The smallest absolute Gasteiger partial charge is 0.305 e. The van der Waals surface area contributed by atoms with Crippen molar-refractivity contribution in [3.8, 4) is 5.75 Å². The van der Waals surface area contributed by atoms with E-state index in [0.717, 1.165) is 29.7 Å². The van der Waals surface area contributed by atoms with E-state index >= 15 is 0 Å². The van der Waals surface area contributed by atoms with Crippen LogP contribution in [0.15, 0.2) is 12.1 Å². The van der Waals surface area contributed by atoms with Crippen LogP contribution in [0.1, 0.15) is 40.7 Å². The van der Waals surface area contributed by atoms with E-state index in [4.69, 9.17) is 9.84 Å². The standard InChI is InChI=1S/C16H21NO4/c1-9-7-14(21-3)10(2)6-12(9)16(20)13(8-15(18)19)17-11-4-5-11/h6-7,11,13,17H,4-5,8H2,1-3H3,(H,18,19). The minimum Gasteiger partial charge on any atom is -0.496 e. The van der Waals surface area contributed by atoms with Gasteiger partial charge in [-0.2, -0.15) is 0 Å². The van der Waals surface area contributed by atoms with Crippen molar-refractivity contribution in [1.29, 1.82) is 0 Å². The number of hydrogen-bond donors (Lipinski definition) is 2. The van der Waals surface area contributed by atoms with Crippen LogP contribution in [0.5, 0.6) is 5.75 Å². The van der Waals surface area contributed by atoms with Gasteiger partial charge in [-0.15, -0.1) is 0 Å². The summed E-state index contributed by atoms with van der Waals surface area (Å²) in [7, 11) is 1.59. The first-order valence-corrected chi connectivity index (χ1v) is 7.09. The van der Waals surface area contributed by atoms with E-state index in [9.17, 15) is 9.59 Å². The molecule has 2 rings (SSSR count). The highest BCUT2D eigenvalue weighted by Crippen LogP contribution is 2.25. The number of hydrogen-bond acceptors (Lipinski definition) is 4. The molecule has 0 bridgehead atoms. The van der Waals surface area contributed by atoms with Crippen LogP contribution >= 0.6 is 0 Å². The summed E-state index contributed by atoms with van der Waals surface area (Å²) in [6.07, 6.45) is 1.81. The van der Waals surface area contributed by atoms with Crippen LogP contribution in [-0.2, 0) is 4.79 Å². The predicted molar refractivity (Wildman–Crippen MR) is 79.0 cm³/mol. The third kappa shape index (κ3) is 3.82. The van der Waals surface area contributed by atoms with Crippen LogP contribution < -0.4 is 10.1 Å². The van der Waals surface area contributed by atoms with E-state index in [1.54, 1.807) is 13.2 Å². The highest BCUT2D eigenvalue weighted by molar-refractivity contribution is 6.03. The molecule has 0 amide bonds. The molecule has 0 heterocycles. The first-order valence-electron chi connectivity index (χ1n) is 7.09. The minimum absolute atomic E-state index is 0.160. The van der Waals surface area contributed by atoms with Gasteiger partial charge in [0.2, 0.25) is 0 Å². The van der Waals surface area contributed by atoms with Gasteiger partial charge in [0, 0.05) is 11.6 Å². The topological polar surface area (TPSA) is 75.6 Å². The number of rotatable bonds is 7. The molecule has 1 fully saturated rings. The van der Waals surface area contributed by atoms with Crippen molar-refractivity contribution >= 4 is 11.8 Å². The van der Waals surface area contributed by atoms with Crippen LogP contribution in [0, 0.1) is 13.8 Å². The van der Waals surface area contributed by atoms with Gasteiger partial charge in [-0.25, -0.2) is 0 Å². The highest BCUT2D eigenvalue weighted by atomic mass is 16.5. The van der Waals surface area contributed by atoms with Crippen molar-refractivity contribution in [2.24, 2.45) is 0 Å². The third-order valence-electron chi connectivity index (χ3n) is 3.72. The molecule has 0 spiro atoms. The van der Waals surface area contributed by atoms with Crippen molar-refractivity contribution in [3.63, 3.8) is 0 Å². The molecule has 1 aliphatic rings. The molecule has 2 N–H and O–H groups in total. The molecule has 0 saturated heterocycles. The molecule has 1 aromatic rings. The largest absolute Gasteiger partial charge is 0.496 e. The monoisotopic (exact) mass is 291 g/mol. The summed E-state index contributed by atoms with van der Waals surface area (Å²) < 4.78 is 5.24. The van der Waals surface area contributed by atoms with Crippen molar-refractivity contribution in [2.45, 2.75) is 45.2 Å². The van der Waals surface area contributed by atoms with E-state index in [2.05, 4.69) is 5.32 Å². The third-order valence-corrected chi connectivity index (χ3v) is 3.72. The zero-order valence-corrected chi connectivity index (χ0v) is 12.6. The maximum absolute atomic E-state index is 12.6. The number of aryl methyl sites for hydroxylation is 2. The molecule has 114 valence electrons. The van der Waals surface area contributed by atoms with Crippen LogP contribution in [0.3, 0.4) is 0 Å². The Morgan fingerprint density at radius 1 is 1.33 bits per heavy atom. The zero-order chi connectivity index (χ0) is 15.6. The summed E-state index contributed by atoms with van der Waals surface area (Å²) in [6.45, 7) is 3.71. The number of carboxylic acid groups (broad SMARTS) is 1. The molecule has 0 aliphatic heterocycles. The number of methoxy groups -OCH3 is 1. The van der Waals surface area contributed by atoms with Crippen LogP contribution in [0.2, 0.25) is 0 Å². The molecule has 1 aromatic carbocycles. The Bertz CT molecular complexity index is 564. The van der Waals surface area contributed by atoms with Crippen molar-refractivity contribution in [2.75, 3.05) is 7.11 Å². The van der Waals surface area contributed by atoms with E-state index in [1.807, 2.05) is 19.9 Å². The Balaban J connectivity index is 2.26. The molecule has 0 aromatic heterocycles. The van der Waals surface area contributed by atoms with Gasteiger partial charge >= 0.3 is 5.97 Å².